The third kappa shape index (κ3) is 3.77. The van der Waals surface area contributed by atoms with Crippen molar-refractivity contribution in [1.29, 1.82) is 0 Å². The first-order chi connectivity index (χ1) is 13.5. The number of piperidine rings is 1. The van der Waals surface area contributed by atoms with E-state index in [1.807, 2.05) is 53.6 Å². The lowest BCUT2D eigenvalue weighted by molar-refractivity contribution is 0.0712. The summed E-state index contributed by atoms with van der Waals surface area (Å²) in [5, 5.41) is 0.846. The molecular weight excluding hydrogens is 375 g/mol. The highest BCUT2D eigenvalue weighted by atomic mass is 32.2. The number of nitrogens with one attached hydrogen (secondary N) is 1. The standard InChI is InChI=1S/C21H23FN4OS/c1-25(2)28-16-5-3-15(4-6-16)21(27)26-11-8-14(9-12-26)19-17-7-10-23-20(17)24-13-18(19)22/h3-7,10,13-14H,8-9,11-12H2,1-2H3,(H,23,24). The molecule has 0 atom stereocenters. The van der Waals surface area contributed by atoms with Crippen LogP contribution in [0.1, 0.15) is 34.7 Å². The number of amides is 1. The van der Waals surface area contributed by atoms with Crippen molar-refractivity contribution in [1.82, 2.24) is 19.2 Å². The summed E-state index contributed by atoms with van der Waals surface area (Å²) in [6.07, 6.45) is 4.58. The minimum atomic E-state index is -0.258. The van der Waals surface area contributed by atoms with E-state index in [2.05, 4.69) is 9.97 Å². The Morgan fingerprint density at radius 3 is 2.61 bits per heavy atom. The Bertz CT molecular complexity index is 978. The van der Waals surface area contributed by atoms with Crippen LogP contribution in [0.25, 0.3) is 11.0 Å². The van der Waals surface area contributed by atoms with Crippen LogP contribution in [0.3, 0.4) is 0 Å². The molecule has 146 valence electrons. The molecule has 0 saturated carbocycles. The van der Waals surface area contributed by atoms with E-state index in [0.29, 0.717) is 24.3 Å². The molecular formula is C21H23FN4OS. The molecule has 1 saturated heterocycles. The van der Waals surface area contributed by atoms with E-state index in [1.54, 1.807) is 18.1 Å². The summed E-state index contributed by atoms with van der Waals surface area (Å²) in [5.41, 5.74) is 2.14. The molecule has 1 amide bonds. The van der Waals surface area contributed by atoms with E-state index in [0.717, 1.165) is 28.7 Å². The van der Waals surface area contributed by atoms with E-state index >= 15 is 0 Å². The van der Waals surface area contributed by atoms with Crippen molar-refractivity contribution in [3.05, 3.63) is 59.7 Å². The minimum Gasteiger partial charge on any atom is -0.346 e. The first kappa shape index (κ1) is 19.0. The topological polar surface area (TPSA) is 52.2 Å². The van der Waals surface area contributed by atoms with Gasteiger partial charge in [0.05, 0.1) is 6.20 Å². The second kappa shape index (κ2) is 7.93. The Hall–Kier alpha value is -2.38. The van der Waals surface area contributed by atoms with Crippen LogP contribution in [-0.2, 0) is 0 Å². The lowest BCUT2D eigenvalue weighted by Gasteiger charge is -2.32. The van der Waals surface area contributed by atoms with Crippen LogP contribution in [0.2, 0.25) is 0 Å². The van der Waals surface area contributed by atoms with Gasteiger partial charge in [-0.05, 0) is 75.1 Å². The van der Waals surface area contributed by atoms with E-state index < -0.39 is 0 Å². The third-order valence-electron chi connectivity index (χ3n) is 5.16. The van der Waals surface area contributed by atoms with Gasteiger partial charge in [-0.2, -0.15) is 0 Å². The van der Waals surface area contributed by atoms with Gasteiger partial charge < -0.3 is 9.88 Å². The van der Waals surface area contributed by atoms with Gasteiger partial charge >= 0.3 is 0 Å². The number of rotatable bonds is 4. The summed E-state index contributed by atoms with van der Waals surface area (Å²) >= 11 is 1.62. The molecule has 0 unspecified atom stereocenters. The molecule has 7 heteroatoms. The predicted molar refractivity (Wildman–Crippen MR) is 110 cm³/mol. The molecule has 0 aliphatic carbocycles. The molecule has 5 nitrogen and oxygen atoms in total. The smallest absolute Gasteiger partial charge is 0.253 e. The van der Waals surface area contributed by atoms with E-state index in [1.165, 1.54) is 6.20 Å². The van der Waals surface area contributed by atoms with Gasteiger partial charge in [-0.3, -0.25) is 9.10 Å². The van der Waals surface area contributed by atoms with Crippen molar-refractivity contribution < 1.29 is 9.18 Å². The van der Waals surface area contributed by atoms with Gasteiger partial charge in [0.2, 0.25) is 0 Å². The first-order valence-electron chi connectivity index (χ1n) is 9.39. The second-order valence-electron chi connectivity index (χ2n) is 7.25. The van der Waals surface area contributed by atoms with Crippen molar-refractivity contribution in [2.45, 2.75) is 23.7 Å². The van der Waals surface area contributed by atoms with Gasteiger partial charge in [-0.1, -0.05) is 0 Å². The largest absolute Gasteiger partial charge is 0.346 e. The van der Waals surface area contributed by atoms with E-state index in [4.69, 9.17) is 0 Å². The number of hydrogen-bond acceptors (Lipinski definition) is 4. The molecule has 28 heavy (non-hydrogen) atoms. The number of nitrogens with zero attached hydrogens (tertiary/aromatic N) is 3. The number of aromatic amines is 1. The molecule has 1 aromatic carbocycles. The maximum Gasteiger partial charge on any atom is 0.253 e. The Morgan fingerprint density at radius 2 is 1.93 bits per heavy atom. The number of pyridine rings is 1. The van der Waals surface area contributed by atoms with Gasteiger partial charge in [0.1, 0.15) is 11.5 Å². The number of likely N-dealkylation sites (tertiary alicyclic amines) is 1. The molecule has 3 heterocycles. The molecule has 1 aliphatic rings. The van der Waals surface area contributed by atoms with Crippen LogP contribution in [0, 0.1) is 5.82 Å². The van der Waals surface area contributed by atoms with Crippen molar-refractivity contribution in [2.24, 2.45) is 0 Å². The van der Waals surface area contributed by atoms with Crippen molar-refractivity contribution in [3.63, 3.8) is 0 Å². The summed E-state index contributed by atoms with van der Waals surface area (Å²) in [6, 6.07) is 9.59. The quantitative estimate of drug-likeness (QED) is 0.666. The van der Waals surface area contributed by atoms with Crippen LogP contribution < -0.4 is 0 Å². The molecule has 3 aromatic rings. The van der Waals surface area contributed by atoms with Gasteiger partial charge in [-0.15, -0.1) is 0 Å². The van der Waals surface area contributed by atoms with Crippen LogP contribution in [0.4, 0.5) is 4.39 Å². The van der Waals surface area contributed by atoms with Crippen molar-refractivity contribution in [2.75, 3.05) is 27.2 Å². The van der Waals surface area contributed by atoms with E-state index in [9.17, 15) is 9.18 Å². The summed E-state index contributed by atoms with van der Waals surface area (Å²) in [7, 11) is 3.97. The van der Waals surface area contributed by atoms with Gasteiger partial charge in [0.15, 0.2) is 0 Å². The average Bonchev–Trinajstić information content (AvgIpc) is 3.16. The number of carbonyl (C=O) groups excluding carboxylic acids is 1. The molecule has 1 aliphatic heterocycles. The zero-order valence-electron chi connectivity index (χ0n) is 16.0. The maximum absolute atomic E-state index is 14.5. The zero-order chi connectivity index (χ0) is 19.7. The highest BCUT2D eigenvalue weighted by Crippen LogP contribution is 2.34. The highest BCUT2D eigenvalue weighted by Gasteiger charge is 2.27. The van der Waals surface area contributed by atoms with Crippen LogP contribution in [0.5, 0.6) is 0 Å². The number of H-pyrrole nitrogens is 1. The lowest BCUT2D eigenvalue weighted by Crippen LogP contribution is -2.38. The Kier molecular flexibility index (Phi) is 5.37. The van der Waals surface area contributed by atoms with Crippen LogP contribution in [0.15, 0.2) is 47.6 Å². The van der Waals surface area contributed by atoms with Crippen LogP contribution >= 0.6 is 11.9 Å². The summed E-state index contributed by atoms with van der Waals surface area (Å²) in [6.45, 7) is 1.26. The molecule has 0 spiro atoms. The number of halogens is 1. The molecule has 1 fully saturated rings. The van der Waals surface area contributed by atoms with Gasteiger partial charge in [0.25, 0.3) is 5.91 Å². The fourth-order valence-electron chi connectivity index (χ4n) is 3.84. The lowest BCUT2D eigenvalue weighted by atomic mass is 9.87. The summed E-state index contributed by atoms with van der Waals surface area (Å²) < 4.78 is 16.5. The Labute approximate surface area is 168 Å². The molecule has 0 radical (unpaired) electrons. The maximum atomic E-state index is 14.5. The monoisotopic (exact) mass is 398 g/mol. The molecule has 1 N–H and O–H groups in total. The fraction of sp³-hybridized carbons (Fsp3) is 0.333. The van der Waals surface area contributed by atoms with E-state index in [-0.39, 0.29) is 17.6 Å². The van der Waals surface area contributed by atoms with Crippen molar-refractivity contribution in [3.8, 4) is 0 Å². The van der Waals surface area contributed by atoms with Gasteiger partial charge in [-0.25, -0.2) is 9.37 Å². The Morgan fingerprint density at radius 1 is 1.21 bits per heavy atom. The fourth-order valence-corrected chi connectivity index (χ4v) is 4.52. The number of fused-ring (bicyclic) bond motifs is 1. The SMILES string of the molecule is CN(C)Sc1ccc(C(=O)N2CCC(c3c(F)cnc4[nH]ccc34)CC2)cc1. The number of carbonyl (C=O) groups is 1. The average molecular weight is 399 g/mol. The first-order valence-corrected chi connectivity index (χ1v) is 10.2. The summed E-state index contributed by atoms with van der Waals surface area (Å²) in [4.78, 5) is 23.0. The summed E-state index contributed by atoms with van der Waals surface area (Å²) in [5.74, 6) is -0.114. The third-order valence-corrected chi connectivity index (χ3v) is 6.01. The van der Waals surface area contributed by atoms with Gasteiger partial charge in [0, 0.05) is 40.7 Å². The number of hydrogen-bond donors (Lipinski definition) is 1. The predicted octanol–water partition coefficient (Wildman–Crippen LogP) is 4.29. The molecule has 4 rings (SSSR count). The zero-order valence-corrected chi connectivity index (χ0v) is 16.8. The molecule has 2 aromatic heterocycles. The highest BCUT2D eigenvalue weighted by molar-refractivity contribution is 7.97. The van der Waals surface area contributed by atoms with Crippen LogP contribution in [-0.4, -0.2) is 52.3 Å². The van der Waals surface area contributed by atoms with Crippen molar-refractivity contribution >= 4 is 28.9 Å². The molecule has 0 bridgehead atoms. The normalized spacial score (nSPS) is 15.5. The Balaban J connectivity index is 1.44. The number of benzene rings is 1. The second-order valence-corrected chi connectivity index (χ2v) is 8.64. The minimum absolute atomic E-state index is 0.0434. The number of aromatic nitrogens is 2.